The minimum Gasteiger partial charge on any atom is -0.496 e. The van der Waals surface area contributed by atoms with Crippen LogP contribution in [0.2, 0.25) is 0 Å². The van der Waals surface area contributed by atoms with Gasteiger partial charge in [-0.3, -0.25) is 0 Å². The van der Waals surface area contributed by atoms with Gasteiger partial charge in [0.1, 0.15) is 29.0 Å². The molecule has 0 aliphatic carbocycles. The normalized spacial score (nSPS) is 13.7. The van der Waals surface area contributed by atoms with Crippen molar-refractivity contribution in [1.82, 2.24) is 9.55 Å². The van der Waals surface area contributed by atoms with E-state index in [9.17, 15) is 5.26 Å². The molecule has 0 radical (unpaired) electrons. The molecule has 1 aromatic carbocycles. The molecule has 20 heavy (non-hydrogen) atoms. The summed E-state index contributed by atoms with van der Waals surface area (Å²) in [5.74, 6) is 1.90. The van der Waals surface area contributed by atoms with Crippen molar-refractivity contribution < 1.29 is 4.74 Å². The summed E-state index contributed by atoms with van der Waals surface area (Å²) < 4.78 is 7.35. The summed E-state index contributed by atoms with van der Waals surface area (Å²) in [6.45, 7) is 2.91. The number of methoxy groups -OCH3 is 1. The third kappa shape index (κ3) is 1.96. The Morgan fingerprint density at radius 3 is 2.90 bits per heavy atom. The van der Waals surface area contributed by atoms with Gasteiger partial charge >= 0.3 is 0 Å². The standard InChI is InChI=1S/C16H17N3O/c1-11-9-12(6-7-14(11)20-2)16-13(10-17)19-8-4-3-5-15(19)18-16/h6-7,9H,3-5,8H2,1-2H3. The van der Waals surface area contributed by atoms with Gasteiger partial charge in [-0.05, 0) is 43.5 Å². The Hall–Kier alpha value is -2.28. The van der Waals surface area contributed by atoms with Crippen molar-refractivity contribution in [1.29, 1.82) is 5.26 Å². The zero-order valence-electron chi connectivity index (χ0n) is 11.8. The van der Waals surface area contributed by atoms with Gasteiger partial charge in [0.15, 0.2) is 0 Å². The summed E-state index contributed by atoms with van der Waals surface area (Å²) >= 11 is 0. The number of rotatable bonds is 2. The summed E-state index contributed by atoms with van der Waals surface area (Å²) in [4.78, 5) is 4.69. The molecule has 2 heterocycles. The smallest absolute Gasteiger partial charge is 0.148 e. The Bertz CT molecular complexity index is 694. The number of aryl methyl sites for hydroxylation is 2. The fraction of sp³-hybridized carbons (Fsp3) is 0.375. The molecule has 0 saturated heterocycles. The molecular formula is C16H17N3O. The van der Waals surface area contributed by atoms with Crippen LogP contribution in [-0.2, 0) is 13.0 Å². The van der Waals surface area contributed by atoms with Crippen LogP contribution in [0.4, 0.5) is 0 Å². The second kappa shape index (κ2) is 5.01. The van der Waals surface area contributed by atoms with E-state index in [4.69, 9.17) is 4.74 Å². The molecule has 0 saturated carbocycles. The maximum atomic E-state index is 9.46. The van der Waals surface area contributed by atoms with E-state index in [0.717, 1.165) is 54.2 Å². The van der Waals surface area contributed by atoms with Crippen molar-refractivity contribution in [3.05, 3.63) is 35.3 Å². The molecule has 0 N–H and O–H groups in total. The van der Waals surface area contributed by atoms with E-state index >= 15 is 0 Å². The first-order valence-corrected chi connectivity index (χ1v) is 6.89. The number of ether oxygens (including phenoxy) is 1. The lowest BCUT2D eigenvalue weighted by molar-refractivity contribution is 0.412. The first kappa shape index (κ1) is 12.7. The fourth-order valence-corrected chi connectivity index (χ4v) is 2.82. The van der Waals surface area contributed by atoms with E-state index in [0.29, 0.717) is 5.69 Å². The van der Waals surface area contributed by atoms with Gasteiger partial charge < -0.3 is 9.30 Å². The van der Waals surface area contributed by atoms with Gasteiger partial charge in [-0.2, -0.15) is 5.26 Å². The number of aromatic nitrogens is 2. The highest BCUT2D eigenvalue weighted by molar-refractivity contribution is 5.67. The highest BCUT2D eigenvalue weighted by Crippen LogP contribution is 2.30. The minimum absolute atomic E-state index is 0.685. The SMILES string of the molecule is COc1ccc(-c2nc3n(c2C#N)CCCC3)cc1C. The number of nitriles is 1. The third-order valence-corrected chi connectivity index (χ3v) is 3.85. The van der Waals surface area contributed by atoms with Gasteiger partial charge in [0.05, 0.1) is 7.11 Å². The summed E-state index contributed by atoms with van der Waals surface area (Å²) in [6, 6.07) is 8.26. The van der Waals surface area contributed by atoms with E-state index < -0.39 is 0 Å². The lowest BCUT2D eigenvalue weighted by Gasteiger charge is -2.13. The molecule has 2 aromatic rings. The predicted octanol–water partition coefficient (Wildman–Crippen LogP) is 3.08. The molecule has 0 fully saturated rings. The fourth-order valence-electron chi connectivity index (χ4n) is 2.82. The second-order valence-electron chi connectivity index (χ2n) is 5.13. The molecule has 0 unspecified atom stereocenters. The number of hydrogen-bond donors (Lipinski definition) is 0. The number of imidazole rings is 1. The van der Waals surface area contributed by atoms with Gasteiger partial charge in [0.2, 0.25) is 0 Å². The number of nitrogens with zero attached hydrogens (tertiary/aromatic N) is 3. The van der Waals surface area contributed by atoms with Crippen LogP contribution >= 0.6 is 0 Å². The van der Waals surface area contributed by atoms with Crippen molar-refractivity contribution >= 4 is 0 Å². The van der Waals surface area contributed by atoms with Gasteiger partial charge in [-0.15, -0.1) is 0 Å². The first-order chi connectivity index (χ1) is 9.74. The van der Waals surface area contributed by atoms with E-state index in [1.165, 1.54) is 0 Å². The summed E-state index contributed by atoms with van der Waals surface area (Å²) in [6.07, 6.45) is 3.24. The molecule has 4 heteroatoms. The summed E-state index contributed by atoms with van der Waals surface area (Å²) in [7, 11) is 1.66. The Kier molecular flexibility index (Phi) is 3.19. The lowest BCUT2D eigenvalue weighted by atomic mass is 10.1. The van der Waals surface area contributed by atoms with Crippen molar-refractivity contribution in [3.63, 3.8) is 0 Å². The molecule has 0 spiro atoms. The average molecular weight is 267 g/mol. The van der Waals surface area contributed by atoms with Crippen molar-refractivity contribution in [2.75, 3.05) is 7.11 Å². The van der Waals surface area contributed by atoms with Gasteiger partial charge in [0.25, 0.3) is 0 Å². The molecule has 0 bridgehead atoms. The van der Waals surface area contributed by atoms with Crippen LogP contribution in [0.3, 0.4) is 0 Å². The zero-order valence-corrected chi connectivity index (χ0v) is 11.8. The average Bonchev–Trinajstić information content (AvgIpc) is 2.85. The van der Waals surface area contributed by atoms with E-state index in [-0.39, 0.29) is 0 Å². The molecule has 3 rings (SSSR count). The van der Waals surface area contributed by atoms with Crippen LogP contribution in [0.1, 0.15) is 29.9 Å². The molecule has 102 valence electrons. The van der Waals surface area contributed by atoms with E-state index in [2.05, 4.69) is 15.6 Å². The monoisotopic (exact) mass is 267 g/mol. The maximum absolute atomic E-state index is 9.46. The van der Waals surface area contributed by atoms with Crippen LogP contribution in [0.25, 0.3) is 11.3 Å². The quantitative estimate of drug-likeness (QED) is 0.840. The maximum Gasteiger partial charge on any atom is 0.148 e. The molecule has 1 aliphatic heterocycles. The predicted molar refractivity (Wildman–Crippen MR) is 76.6 cm³/mol. The molecule has 0 amide bonds. The highest BCUT2D eigenvalue weighted by Gasteiger charge is 2.20. The molecule has 1 aliphatic rings. The number of hydrogen-bond acceptors (Lipinski definition) is 3. The van der Waals surface area contributed by atoms with Gasteiger partial charge in [-0.1, -0.05) is 0 Å². The summed E-state index contributed by atoms with van der Waals surface area (Å²) in [5.41, 5.74) is 3.53. The molecule has 0 atom stereocenters. The Morgan fingerprint density at radius 1 is 1.35 bits per heavy atom. The molecular weight excluding hydrogens is 250 g/mol. The topological polar surface area (TPSA) is 50.8 Å². The van der Waals surface area contributed by atoms with Crippen LogP contribution in [-0.4, -0.2) is 16.7 Å². The Morgan fingerprint density at radius 2 is 2.20 bits per heavy atom. The van der Waals surface area contributed by atoms with E-state index in [1.807, 2.05) is 25.1 Å². The van der Waals surface area contributed by atoms with Crippen molar-refractivity contribution in [2.45, 2.75) is 32.7 Å². The van der Waals surface area contributed by atoms with Gasteiger partial charge in [-0.25, -0.2) is 4.98 Å². The molecule has 4 nitrogen and oxygen atoms in total. The Balaban J connectivity index is 2.13. The number of fused-ring (bicyclic) bond motifs is 1. The highest BCUT2D eigenvalue weighted by atomic mass is 16.5. The summed E-state index contributed by atoms with van der Waals surface area (Å²) in [5, 5.41) is 9.46. The van der Waals surface area contributed by atoms with Crippen LogP contribution in [0.5, 0.6) is 5.75 Å². The van der Waals surface area contributed by atoms with E-state index in [1.54, 1.807) is 7.11 Å². The lowest BCUT2D eigenvalue weighted by Crippen LogP contribution is -2.11. The zero-order chi connectivity index (χ0) is 14.1. The first-order valence-electron chi connectivity index (χ1n) is 6.89. The van der Waals surface area contributed by atoms with Crippen LogP contribution in [0, 0.1) is 18.3 Å². The van der Waals surface area contributed by atoms with Crippen LogP contribution < -0.4 is 4.74 Å². The van der Waals surface area contributed by atoms with Gasteiger partial charge in [0, 0.05) is 18.5 Å². The minimum atomic E-state index is 0.685. The second-order valence-corrected chi connectivity index (χ2v) is 5.13. The van der Waals surface area contributed by atoms with Crippen LogP contribution in [0.15, 0.2) is 18.2 Å². The van der Waals surface area contributed by atoms with Crippen molar-refractivity contribution in [3.8, 4) is 23.1 Å². The van der Waals surface area contributed by atoms with Crippen molar-refractivity contribution in [2.24, 2.45) is 0 Å². The molecule has 1 aromatic heterocycles. The third-order valence-electron chi connectivity index (χ3n) is 3.85. The Labute approximate surface area is 118 Å². The largest absolute Gasteiger partial charge is 0.496 e. The number of benzene rings is 1.